The number of carbonyl (C=O) groups excluding carboxylic acids is 1. The molecule has 0 aliphatic rings. The molecule has 0 saturated carbocycles. The molecule has 0 aliphatic carbocycles. The second kappa shape index (κ2) is 6.31. The molecular formula is C18H16F2N2O2. The van der Waals surface area contributed by atoms with Crippen LogP contribution in [0.4, 0.5) is 14.5 Å². The van der Waals surface area contributed by atoms with Crippen molar-refractivity contribution in [1.82, 2.24) is 4.98 Å². The van der Waals surface area contributed by atoms with Gasteiger partial charge in [0.1, 0.15) is 5.75 Å². The van der Waals surface area contributed by atoms with Crippen molar-refractivity contribution in [2.24, 2.45) is 0 Å². The first-order chi connectivity index (χ1) is 11.4. The fraction of sp³-hybridized carbons (Fsp3) is 0.167. The van der Waals surface area contributed by atoms with E-state index in [9.17, 15) is 13.6 Å². The first kappa shape index (κ1) is 16.0. The number of carbonyl (C=O) groups is 1. The maximum absolute atomic E-state index is 13.4. The second-order valence-electron chi connectivity index (χ2n) is 5.66. The first-order valence-electron chi connectivity index (χ1n) is 7.48. The largest absolute Gasteiger partial charge is 0.491 e. The van der Waals surface area contributed by atoms with Gasteiger partial charge in [0.2, 0.25) is 0 Å². The van der Waals surface area contributed by atoms with Crippen LogP contribution in [-0.4, -0.2) is 17.0 Å². The van der Waals surface area contributed by atoms with Gasteiger partial charge >= 0.3 is 0 Å². The van der Waals surface area contributed by atoms with Gasteiger partial charge in [-0.05, 0) is 44.2 Å². The number of halogens is 2. The van der Waals surface area contributed by atoms with Gasteiger partial charge in [-0.3, -0.25) is 4.79 Å². The van der Waals surface area contributed by atoms with Gasteiger partial charge in [-0.15, -0.1) is 0 Å². The van der Waals surface area contributed by atoms with Crippen LogP contribution in [0.1, 0.15) is 24.2 Å². The van der Waals surface area contributed by atoms with Crippen LogP contribution >= 0.6 is 0 Å². The van der Waals surface area contributed by atoms with Gasteiger partial charge in [0.15, 0.2) is 11.6 Å². The summed E-state index contributed by atoms with van der Waals surface area (Å²) in [6.07, 6.45) is 1.55. The molecule has 6 heteroatoms. The fourth-order valence-electron chi connectivity index (χ4n) is 2.37. The summed E-state index contributed by atoms with van der Waals surface area (Å²) in [4.78, 5) is 15.1. The Morgan fingerprint density at radius 2 is 1.79 bits per heavy atom. The quantitative estimate of drug-likeness (QED) is 0.741. The van der Waals surface area contributed by atoms with E-state index in [-0.39, 0.29) is 12.0 Å². The standard InChI is InChI=1S/C18H16F2N2O2/c1-10(2)24-12-5-3-11(4-6-12)18(23)22-17-9-21-16-8-15(20)14(19)7-13(16)17/h3-10,21H,1-2H3,(H,22,23). The van der Waals surface area contributed by atoms with Gasteiger partial charge in [0.25, 0.3) is 5.91 Å². The molecule has 0 unspecified atom stereocenters. The molecule has 0 radical (unpaired) electrons. The highest BCUT2D eigenvalue weighted by Gasteiger charge is 2.13. The molecule has 2 N–H and O–H groups in total. The average Bonchev–Trinajstić information content (AvgIpc) is 2.90. The van der Waals surface area contributed by atoms with E-state index in [4.69, 9.17) is 4.74 Å². The highest BCUT2D eigenvalue weighted by Crippen LogP contribution is 2.26. The van der Waals surface area contributed by atoms with Crippen molar-refractivity contribution in [1.29, 1.82) is 0 Å². The summed E-state index contributed by atoms with van der Waals surface area (Å²) in [5.74, 6) is -1.58. The number of hydrogen-bond acceptors (Lipinski definition) is 2. The summed E-state index contributed by atoms with van der Waals surface area (Å²) < 4.78 is 32.1. The van der Waals surface area contributed by atoms with E-state index in [0.717, 1.165) is 12.1 Å². The summed E-state index contributed by atoms with van der Waals surface area (Å²) in [7, 11) is 0. The number of aromatic nitrogens is 1. The topological polar surface area (TPSA) is 54.1 Å². The second-order valence-corrected chi connectivity index (χ2v) is 5.66. The Balaban J connectivity index is 1.81. The van der Waals surface area contributed by atoms with Crippen molar-refractivity contribution < 1.29 is 18.3 Å². The average molecular weight is 330 g/mol. The highest BCUT2D eigenvalue weighted by atomic mass is 19.2. The predicted octanol–water partition coefficient (Wildman–Crippen LogP) is 4.49. The zero-order valence-electron chi connectivity index (χ0n) is 13.2. The molecule has 0 bridgehead atoms. The summed E-state index contributed by atoms with van der Waals surface area (Å²) in [5.41, 5.74) is 1.23. The van der Waals surface area contributed by atoms with Gasteiger partial charge in [-0.2, -0.15) is 0 Å². The summed E-state index contributed by atoms with van der Waals surface area (Å²) in [6, 6.07) is 8.80. The Hall–Kier alpha value is -2.89. The molecule has 1 heterocycles. The van der Waals surface area contributed by atoms with E-state index < -0.39 is 11.6 Å². The Kier molecular flexibility index (Phi) is 4.20. The van der Waals surface area contributed by atoms with Crippen LogP contribution in [0.5, 0.6) is 5.75 Å². The monoisotopic (exact) mass is 330 g/mol. The third-order valence-electron chi connectivity index (χ3n) is 3.46. The van der Waals surface area contributed by atoms with E-state index in [1.165, 1.54) is 6.20 Å². The SMILES string of the molecule is CC(C)Oc1ccc(C(=O)Nc2c[nH]c3cc(F)c(F)cc23)cc1. The molecule has 1 amide bonds. The lowest BCUT2D eigenvalue weighted by atomic mass is 10.2. The molecule has 3 aromatic rings. The number of benzene rings is 2. The minimum absolute atomic E-state index is 0.0474. The lowest BCUT2D eigenvalue weighted by molar-refractivity contribution is 0.102. The molecule has 0 aliphatic heterocycles. The van der Waals surface area contributed by atoms with Gasteiger partial charge in [-0.25, -0.2) is 8.78 Å². The lowest BCUT2D eigenvalue weighted by Crippen LogP contribution is -2.12. The molecule has 1 aromatic heterocycles. The lowest BCUT2D eigenvalue weighted by Gasteiger charge is -2.10. The van der Waals surface area contributed by atoms with Crippen LogP contribution in [0.25, 0.3) is 10.9 Å². The number of anilines is 1. The van der Waals surface area contributed by atoms with Gasteiger partial charge in [0.05, 0.1) is 17.3 Å². The molecular weight excluding hydrogens is 314 g/mol. The maximum Gasteiger partial charge on any atom is 0.255 e. The van der Waals surface area contributed by atoms with E-state index in [0.29, 0.717) is 27.9 Å². The zero-order valence-corrected chi connectivity index (χ0v) is 13.2. The normalized spacial score (nSPS) is 11.0. The van der Waals surface area contributed by atoms with Crippen molar-refractivity contribution in [2.75, 3.05) is 5.32 Å². The molecule has 0 spiro atoms. The van der Waals surface area contributed by atoms with Crippen molar-refractivity contribution in [2.45, 2.75) is 20.0 Å². The molecule has 4 nitrogen and oxygen atoms in total. The van der Waals surface area contributed by atoms with Gasteiger partial charge < -0.3 is 15.0 Å². The smallest absolute Gasteiger partial charge is 0.255 e. The van der Waals surface area contributed by atoms with Crippen LogP contribution in [0, 0.1) is 11.6 Å². The minimum Gasteiger partial charge on any atom is -0.491 e. The highest BCUT2D eigenvalue weighted by molar-refractivity contribution is 6.09. The number of rotatable bonds is 4. The Morgan fingerprint density at radius 1 is 1.12 bits per heavy atom. The summed E-state index contributed by atoms with van der Waals surface area (Å²) >= 11 is 0. The summed E-state index contributed by atoms with van der Waals surface area (Å²) in [6.45, 7) is 3.83. The molecule has 0 atom stereocenters. The predicted molar refractivity (Wildman–Crippen MR) is 88.4 cm³/mol. The number of hydrogen-bond donors (Lipinski definition) is 2. The molecule has 3 rings (SSSR count). The number of amides is 1. The van der Waals surface area contributed by atoms with Gasteiger partial charge in [-0.1, -0.05) is 0 Å². The van der Waals surface area contributed by atoms with Crippen LogP contribution < -0.4 is 10.1 Å². The number of fused-ring (bicyclic) bond motifs is 1. The Labute approximate surface area is 137 Å². The molecule has 124 valence electrons. The van der Waals surface area contributed by atoms with Crippen LogP contribution in [-0.2, 0) is 0 Å². The van der Waals surface area contributed by atoms with E-state index in [2.05, 4.69) is 10.3 Å². The first-order valence-corrected chi connectivity index (χ1v) is 7.48. The van der Waals surface area contributed by atoms with Crippen molar-refractivity contribution in [3.63, 3.8) is 0 Å². The zero-order chi connectivity index (χ0) is 17.3. The van der Waals surface area contributed by atoms with E-state index in [1.807, 2.05) is 13.8 Å². The summed E-state index contributed by atoms with van der Waals surface area (Å²) in [5, 5.41) is 3.09. The maximum atomic E-state index is 13.4. The van der Waals surface area contributed by atoms with Crippen molar-refractivity contribution in [3.8, 4) is 5.75 Å². The molecule has 0 fully saturated rings. The fourth-order valence-corrected chi connectivity index (χ4v) is 2.37. The third-order valence-corrected chi connectivity index (χ3v) is 3.46. The Bertz CT molecular complexity index is 886. The molecule has 24 heavy (non-hydrogen) atoms. The van der Waals surface area contributed by atoms with Crippen LogP contribution in [0.3, 0.4) is 0 Å². The molecule has 0 saturated heterocycles. The number of nitrogens with one attached hydrogen (secondary N) is 2. The Morgan fingerprint density at radius 3 is 2.46 bits per heavy atom. The van der Waals surface area contributed by atoms with E-state index >= 15 is 0 Å². The van der Waals surface area contributed by atoms with Crippen molar-refractivity contribution in [3.05, 3.63) is 59.8 Å². The number of aromatic amines is 1. The van der Waals surface area contributed by atoms with Crippen LogP contribution in [0.2, 0.25) is 0 Å². The van der Waals surface area contributed by atoms with Crippen molar-refractivity contribution >= 4 is 22.5 Å². The third kappa shape index (κ3) is 3.22. The van der Waals surface area contributed by atoms with E-state index in [1.54, 1.807) is 24.3 Å². The number of H-pyrrole nitrogens is 1. The van der Waals surface area contributed by atoms with Crippen LogP contribution in [0.15, 0.2) is 42.6 Å². The van der Waals surface area contributed by atoms with Gasteiger partial charge in [0, 0.05) is 23.2 Å². The number of ether oxygens (including phenoxy) is 1. The molecule has 2 aromatic carbocycles. The minimum atomic E-state index is -0.965.